The van der Waals surface area contributed by atoms with Gasteiger partial charge in [0.05, 0.1) is 12.2 Å². The van der Waals surface area contributed by atoms with Crippen molar-refractivity contribution in [1.82, 2.24) is 20.5 Å². The van der Waals surface area contributed by atoms with E-state index < -0.39 is 0 Å². The van der Waals surface area contributed by atoms with Crippen LogP contribution in [0.2, 0.25) is 0 Å². The molecule has 24 heavy (non-hydrogen) atoms. The first-order chi connectivity index (χ1) is 11.5. The SMILES string of the molecule is CCNC(=NCc1nc(C)c(C)s1)NCC1CCCN(C(C)C)C1. The molecule has 1 fully saturated rings. The van der Waals surface area contributed by atoms with E-state index in [0.29, 0.717) is 18.5 Å². The molecule has 0 amide bonds. The molecule has 136 valence electrons. The van der Waals surface area contributed by atoms with Crippen LogP contribution in [0.5, 0.6) is 0 Å². The van der Waals surface area contributed by atoms with Crippen LogP contribution in [0, 0.1) is 19.8 Å². The van der Waals surface area contributed by atoms with E-state index in [-0.39, 0.29) is 0 Å². The van der Waals surface area contributed by atoms with Crippen LogP contribution in [0.3, 0.4) is 0 Å². The summed E-state index contributed by atoms with van der Waals surface area (Å²) in [4.78, 5) is 13.1. The lowest BCUT2D eigenvalue weighted by atomic mass is 9.97. The maximum Gasteiger partial charge on any atom is 0.191 e. The quantitative estimate of drug-likeness (QED) is 0.611. The van der Waals surface area contributed by atoms with E-state index in [2.05, 4.69) is 55.1 Å². The molecule has 1 aromatic heterocycles. The summed E-state index contributed by atoms with van der Waals surface area (Å²) >= 11 is 1.74. The molecule has 1 aliphatic heterocycles. The second kappa shape index (κ2) is 9.37. The summed E-state index contributed by atoms with van der Waals surface area (Å²) < 4.78 is 0. The number of rotatable bonds is 6. The summed E-state index contributed by atoms with van der Waals surface area (Å²) in [5.41, 5.74) is 1.12. The van der Waals surface area contributed by atoms with Gasteiger partial charge < -0.3 is 15.5 Å². The predicted molar refractivity (Wildman–Crippen MR) is 104 cm³/mol. The third-order valence-electron chi connectivity index (χ3n) is 4.63. The highest BCUT2D eigenvalue weighted by Crippen LogP contribution is 2.18. The van der Waals surface area contributed by atoms with Crippen molar-refractivity contribution >= 4 is 17.3 Å². The number of aryl methyl sites for hydroxylation is 2. The zero-order valence-electron chi connectivity index (χ0n) is 15.9. The molecule has 6 heteroatoms. The van der Waals surface area contributed by atoms with Crippen molar-refractivity contribution < 1.29 is 0 Å². The Labute approximate surface area is 151 Å². The van der Waals surface area contributed by atoms with Gasteiger partial charge in [0.15, 0.2) is 5.96 Å². The van der Waals surface area contributed by atoms with Gasteiger partial charge >= 0.3 is 0 Å². The first kappa shape index (κ1) is 19.2. The molecule has 2 rings (SSSR count). The van der Waals surface area contributed by atoms with Gasteiger partial charge in [-0.25, -0.2) is 9.98 Å². The molecule has 0 aromatic carbocycles. The molecule has 0 bridgehead atoms. The summed E-state index contributed by atoms with van der Waals surface area (Å²) in [6, 6.07) is 0.645. The van der Waals surface area contributed by atoms with E-state index in [1.54, 1.807) is 11.3 Å². The fourth-order valence-corrected chi connectivity index (χ4v) is 3.93. The standard InChI is InChI=1S/C18H33N5S/c1-6-19-18(21-11-17-22-14(4)15(5)24-17)20-10-16-8-7-9-23(12-16)13(2)3/h13,16H,6-12H2,1-5H3,(H2,19,20,21). The van der Waals surface area contributed by atoms with E-state index >= 15 is 0 Å². The van der Waals surface area contributed by atoms with Crippen molar-refractivity contribution in [2.75, 3.05) is 26.2 Å². The molecule has 1 atom stereocenters. The number of hydrogen-bond acceptors (Lipinski definition) is 4. The second-order valence-corrected chi connectivity index (χ2v) is 8.21. The fourth-order valence-electron chi connectivity index (χ4n) is 3.07. The summed E-state index contributed by atoms with van der Waals surface area (Å²) in [6.45, 7) is 15.8. The van der Waals surface area contributed by atoms with Crippen LogP contribution in [0.25, 0.3) is 0 Å². The summed E-state index contributed by atoms with van der Waals surface area (Å²) in [5, 5.41) is 7.97. The minimum Gasteiger partial charge on any atom is -0.357 e. The Hall–Kier alpha value is -1.14. The third kappa shape index (κ3) is 5.74. The van der Waals surface area contributed by atoms with Gasteiger partial charge in [0.2, 0.25) is 0 Å². The minimum atomic E-state index is 0.645. The molecular weight excluding hydrogens is 318 g/mol. The van der Waals surface area contributed by atoms with E-state index in [4.69, 9.17) is 4.99 Å². The lowest BCUT2D eigenvalue weighted by Gasteiger charge is -2.35. The van der Waals surface area contributed by atoms with Crippen molar-refractivity contribution in [3.05, 3.63) is 15.6 Å². The molecular formula is C18H33N5S. The summed E-state index contributed by atoms with van der Waals surface area (Å²) in [6.07, 6.45) is 2.61. The molecule has 0 spiro atoms. The summed E-state index contributed by atoms with van der Waals surface area (Å²) in [5.74, 6) is 1.61. The Kier molecular flexibility index (Phi) is 7.49. The number of aromatic nitrogens is 1. The number of nitrogens with zero attached hydrogens (tertiary/aromatic N) is 3. The van der Waals surface area contributed by atoms with E-state index in [1.165, 1.54) is 30.8 Å². The highest BCUT2D eigenvalue weighted by atomic mass is 32.1. The molecule has 1 unspecified atom stereocenters. The normalized spacial score (nSPS) is 19.8. The van der Waals surface area contributed by atoms with E-state index in [9.17, 15) is 0 Å². The van der Waals surface area contributed by atoms with Crippen LogP contribution in [0.1, 0.15) is 49.2 Å². The van der Waals surface area contributed by atoms with Gasteiger partial charge in [-0.15, -0.1) is 11.3 Å². The van der Waals surface area contributed by atoms with Crippen LogP contribution in [-0.4, -0.2) is 48.1 Å². The lowest BCUT2D eigenvalue weighted by molar-refractivity contribution is 0.141. The van der Waals surface area contributed by atoms with Gasteiger partial charge in [0.25, 0.3) is 0 Å². The number of guanidine groups is 1. The van der Waals surface area contributed by atoms with Gasteiger partial charge in [-0.05, 0) is 59.9 Å². The molecule has 0 radical (unpaired) electrons. The molecule has 5 nitrogen and oxygen atoms in total. The van der Waals surface area contributed by atoms with Crippen LogP contribution in [0.15, 0.2) is 4.99 Å². The predicted octanol–water partition coefficient (Wildman–Crippen LogP) is 2.94. The average molecular weight is 352 g/mol. The van der Waals surface area contributed by atoms with Gasteiger partial charge in [-0.1, -0.05) is 0 Å². The van der Waals surface area contributed by atoms with E-state index in [1.807, 2.05) is 0 Å². The smallest absolute Gasteiger partial charge is 0.191 e. The Morgan fingerprint density at radius 2 is 2.17 bits per heavy atom. The maximum atomic E-state index is 4.71. The molecule has 0 aliphatic carbocycles. The molecule has 1 saturated heterocycles. The maximum absolute atomic E-state index is 4.71. The van der Waals surface area contributed by atoms with Crippen molar-refractivity contribution in [1.29, 1.82) is 0 Å². The zero-order chi connectivity index (χ0) is 17.5. The largest absolute Gasteiger partial charge is 0.357 e. The van der Waals surface area contributed by atoms with E-state index in [0.717, 1.165) is 29.8 Å². The zero-order valence-corrected chi connectivity index (χ0v) is 16.7. The Bertz CT molecular complexity index is 518. The first-order valence-corrected chi connectivity index (χ1v) is 10.00. The minimum absolute atomic E-state index is 0.645. The molecule has 2 N–H and O–H groups in total. The average Bonchev–Trinajstić information content (AvgIpc) is 2.88. The lowest BCUT2D eigenvalue weighted by Crippen LogP contribution is -2.46. The van der Waals surface area contributed by atoms with Gasteiger partial charge in [-0.3, -0.25) is 0 Å². The monoisotopic (exact) mass is 351 g/mol. The number of hydrogen-bond donors (Lipinski definition) is 2. The number of piperidine rings is 1. The molecule has 0 saturated carbocycles. The topological polar surface area (TPSA) is 52.6 Å². The first-order valence-electron chi connectivity index (χ1n) is 9.18. The molecule has 1 aromatic rings. The number of aliphatic imine (C=N–C) groups is 1. The van der Waals surface area contributed by atoms with Gasteiger partial charge in [0.1, 0.15) is 5.01 Å². The van der Waals surface area contributed by atoms with Crippen molar-refractivity contribution in [2.45, 2.75) is 60.0 Å². The van der Waals surface area contributed by atoms with Crippen molar-refractivity contribution in [3.8, 4) is 0 Å². The van der Waals surface area contributed by atoms with Crippen LogP contribution < -0.4 is 10.6 Å². The highest BCUT2D eigenvalue weighted by molar-refractivity contribution is 7.11. The number of likely N-dealkylation sites (tertiary alicyclic amines) is 1. The van der Waals surface area contributed by atoms with Crippen LogP contribution in [-0.2, 0) is 6.54 Å². The molecule has 2 heterocycles. The Morgan fingerprint density at radius 3 is 2.79 bits per heavy atom. The number of nitrogens with one attached hydrogen (secondary N) is 2. The molecule has 1 aliphatic rings. The van der Waals surface area contributed by atoms with Crippen molar-refractivity contribution in [2.24, 2.45) is 10.9 Å². The summed E-state index contributed by atoms with van der Waals surface area (Å²) in [7, 11) is 0. The second-order valence-electron chi connectivity index (χ2n) is 6.92. The third-order valence-corrected chi connectivity index (χ3v) is 5.69. The van der Waals surface area contributed by atoms with Crippen LogP contribution in [0.4, 0.5) is 0 Å². The Balaban J connectivity index is 1.87. The van der Waals surface area contributed by atoms with Gasteiger partial charge in [-0.2, -0.15) is 0 Å². The fraction of sp³-hybridized carbons (Fsp3) is 0.778. The number of thiazole rings is 1. The Morgan fingerprint density at radius 1 is 1.38 bits per heavy atom. The van der Waals surface area contributed by atoms with Crippen molar-refractivity contribution in [3.63, 3.8) is 0 Å². The highest BCUT2D eigenvalue weighted by Gasteiger charge is 2.21. The van der Waals surface area contributed by atoms with Gasteiger partial charge in [0, 0.05) is 30.6 Å². The van der Waals surface area contributed by atoms with Crippen LogP contribution >= 0.6 is 11.3 Å².